The first-order chi connectivity index (χ1) is 14.7. The van der Waals surface area contributed by atoms with Gasteiger partial charge in [-0.1, -0.05) is 42.5 Å². The van der Waals surface area contributed by atoms with Gasteiger partial charge in [-0.15, -0.1) is 0 Å². The van der Waals surface area contributed by atoms with E-state index in [2.05, 4.69) is 0 Å². The fraction of sp³-hybridized carbons (Fsp3) is 0. The normalized spacial score (nSPS) is 12.4. The molecule has 0 saturated heterocycles. The zero-order chi connectivity index (χ0) is 22.6. The van der Waals surface area contributed by atoms with E-state index in [0.29, 0.717) is 16.7 Å². The first kappa shape index (κ1) is 22.4. The molecule has 0 fully saturated rings. The van der Waals surface area contributed by atoms with Crippen LogP contribution < -0.4 is 21.0 Å². The van der Waals surface area contributed by atoms with Crippen molar-refractivity contribution >= 4 is 45.2 Å². The molecule has 0 saturated carbocycles. The predicted molar refractivity (Wildman–Crippen MR) is 114 cm³/mol. The molecule has 0 spiro atoms. The van der Waals surface area contributed by atoms with Gasteiger partial charge in [0.15, 0.2) is 0 Å². The minimum absolute atomic E-state index is 0.193. The van der Waals surface area contributed by atoms with Crippen molar-refractivity contribution in [3.63, 3.8) is 0 Å². The Labute approximate surface area is 179 Å². The lowest BCUT2D eigenvalue weighted by molar-refractivity contribution is -0.298. The lowest BCUT2D eigenvalue weighted by Crippen LogP contribution is -2.39. The second-order valence-corrected chi connectivity index (χ2v) is 11.2. The molecule has 0 bridgehead atoms. The van der Waals surface area contributed by atoms with Crippen molar-refractivity contribution in [1.29, 1.82) is 0 Å². The van der Waals surface area contributed by atoms with Gasteiger partial charge >= 0.3 is 5.97 Å². The molecule has 0 aliphatic rings. The largest absolute Gasteiger partial charge is 0.744 e. The maximum Gasteiger partial charge on any atom is 0.332 e. The summed E-state index contributed by atoms with van der Waals surface area (Å²) in [4.78, 5) is 23.3. The highest BCUT2D eigenvalue weighted by atomic mass is 32.2. The van der Waals surface area contributed by atoms with Crippen LogP contribution in [0, 0.1) is 0 Å². The molecule has 0 amide bonds. The van der Waals surface area contributed by atoms with Gasteiger partial charge < -0.3 is 19.6 Å². The summed E-state index contributed by atoms with van der Waals surface area (Å²) in [6, 6.07) is 21.6. The van der Waals surface area contributed by atoms with Crippen LogP contribution in [0.3, 0.4) is 0 Å². The van der Waals surface area contributed by atoms with Gasteiger partial charge in [0, 0.05) is 0 Å². The summed E-state index contributed by atoms with van der Waals surface area (Å²) in [6.45, 7) is 0. The third kappa shape index (κ3) is 4.41. The van der Waals surface area contributed by atoms with E-state index in [4.69, 9.17) is 0 Å². The van der Waals surface area contributed by atoms with Crippen molar-refractivity contribution in [3.8, 4) is 0 Å². The molecular formula is C22H16O7PS-. The van der Waals surface area contributed by atoms with Crippen LogP contribution in [0.25, 0.3) is 0 Å². The molecule has 3 aromatic carbocycles. The van der Waals surface area contributed by atoms with Gasteiger partial charge in [0.1, 0.15) is 44.6 Å². The maximum absolute atomic E-state index is 12.3. The minimum atomic E-state index is -4.85. The molecule has 0 radical (unpaired) electrons. The summed E-state index contributed by atoms with van der Waals surface area (Å²) >= 11 is 0. The van der Waals surface area contributed by atoms with Crippen LogP contribution in [-0.4, -0.2) is 30.0 Å². The Kier molecular flexibility index (Phi) is 6.36. The van der Waals surface area contributed by atoms with E-state index < -0.39 is 39.5 Å². The van der Waals surface area contributed by atoms with Crippen LogP contribution in [-0.2, 0) is 19.7 Å². The molecule has 158 valence electrons. The summed E-state index contributed by atoms with van der Waals surface area (Å²) in [6.07, 6.45) is 0.571. The van der Waals surface area contributed by atoms with E-state index in [-0.39, 0.29) is 5.30 Å². The topological polar surface area (TPSA) is 135 Å². The summed E-state index contributed by atoms with van der Waals surface area (Å²) in [5.74, 6) is -3.21. The van der Waals surface area contributed by atoms with Crippen LogP contribution in [0.15, 0.2) is 101 Å². The number of carboxylic acids is 2. The van der Waals surface area contributed by atoms with Crippen LogP contribution in [0.2, 0.25) is 0 Å². The Balaban J connectivity index is 2.57. The molecule has 0 heterocycles. The number of benzene rings is 3. The van der Waals surface area contributed by atoms with Gasteiger partial charge in [0.05, 0.1) is 11.0 Å². The van der Waals surface area contributed by atoms with Gasteiger partial charge in [0.25, 0.3) is 0 Å². The van der Waals surface area contributed by atoms with E-state index in [0.717, 1.165) is 12.1 Å². The van der Waals surface area contributed by atoms with Crippen molar-refractivity contribution in [2.45, 2.75) is 4.90 Å². The molecule has 0 aliphatic carbocycles. The second-order valence-electron chi connectivity index (χ2n) is 6.45. The molecule has 3 aromatic rings. The third-order valence-corrected chi connectivity index (χ3v) is 9.68. The van der Waals surface area contributed by atoms with E-state index in [1.807, 2.05) is 0 Å². The van der Waals surface area contributed by atoms with Crippen LogP contribution in [0.5, 0.6) is 0 Å². The average Bonchev–Trinajstić information content (AvgIpc) is 2.74. The Morgan fingerprint density at radius 3 is 1.71 bits per heavy atom. The number of hydrogen-bond acceptors (Lipinski definition) is 6. The van der Waals surface area contributed by atoms with Crippen LogP contribution in [0.4, 0.5) is 0 Å². The Bertz CT molecular complexity index is 1210. The molecule has 0 unspecified atom stereocenters. The second kappa shape index (κ2) is 8.81. The lowest BCUT2D eigenvalue weighted by Gasteiger charge is -2.30. The molecule has 31 heavy (non-hydrogen) atoms. The molecule has 0 aliphatic heterocycles. The number of hydrogen-bond donors (Lipinski definition) is 1. The SMILES string of the molecule is O=C(O)/C=C(\C(=O)[O-])[P+](c1ccccc1)(c1ccccc1)c1cccc(S(=O)(=O)[O-])c1. The first-order valence-electron chi connectivity index (χ1n) is 8.90. The molecule has 7 nitrogen and oxygen atoms in total. The van der Waals surface area contributed by atoms with Crippen LogP contribution >= 0.6 is 7.26 Å². The summed E-state index contributed by atoms with van der Waals surface area (Å²) in [5, 5.41) is 22.3. The number of carbonyl (C=O) groups is 2. The van der Waals surface area contributed by atoms with Crippen molar-refractivity contribution < 1.29 is 32.8 Å². The van der Waals surface area contributed by atoms with Crippen molar-refractivity contribution in [2.75, 3.05) is 0 Å². The average molecular weight is 455 g/mol. The van der Waals surface area contributed by atoms with Gasteiger partial charge in [0.2, 0.25) is 0 Å². The van der Waals surface area contributed by atoms with Crippen molar-refractivity contribution in [3.05, 3.63) is 96.3 Å². The van der Waals surface area contributed by atoms with E-state index >= 15 is 0 Å². The summed E-state index contributed by atoms with van der Waals surface area (Å²) in [7, 11) is -8.31. The molecule has 3 rings (SSSR count). The quantitative estimate of drug-likeness (QED) is 0.313. The van der Waals surface area contributed by atoms with E-state index in [1.54, 1.807) is 60.7 Å². The fourth-order valence-electron chi connectivity index (χ4n) is 3.42. The number of carbonyl (C=O) groups excluding carboxylic acids is 1. The number of rotatable bonds is 7. The molecule has 0 atom stereocenters. The molecule has 1 N–H and O–H groups in total. The third-order valence-electron chi connectivity index (χ3n) is 4.61. The highest BCUT2D eigenvalue weighted by Crippen LogP contribution is 2.62. The summed E-state index contributed by atoms with van der Waals surface area (Å²) < 4.78 is 35.1. The first-order valence-corrected chi connectivity index (χ1v) is 12.1. The Hall–Kier alpha value is -3.32. The Morgan fingerprint density at radius 2 is 1.29 bits per heavy atom. The van der Waals surface area contributed by atoms with Crippen molar-refractivity contribution in [1.82, 2.24) is 0 Å². The monoisotopic (exact) mass is 455 g/mol. The fourth-order valence-corrected chi connectivity index (χ4v) is 8.22. The Morgan fingerprint density at radius 1 is 0.806 bits per heavy atom. The molecule has 0 aromatic heterocycles. The van der Waals surface area contributed by atoms with Crippen molar-refractivity contribution in [2.24, 2.45) is 0 Å². The number of aliphatic carboxylic acids is 2. The minimum Gasteiger partial charge on any atom is -0.744 e. The van der Waals surface area contributed by atoms with Gasteiger partial charge in [-0.25, -0.2) is 13.2 Å². The number of carboxylic acid groups (broad SMARTS) is 2. The van der Waals surface area contributed by atoms with E-state index in [9.17, 15) is 32.8 Å². The van der Waals surface area contributed by atoms with Gasteiger partial charge in [-0.3, -0.25) is 0 Å². The smallest absolute Gasteiger partial charge is 0.332 e. The van der Waals surface area contributed by atoms with E-state index in [1.165, 1.54) is 12.1 Å². The maximum atomic E-state index is 12.3. The zero-order valence-corrected chi connectivity index (χ0v) is 17.6. The lowest BCUT2D eigenvalue weighted by atomic mass is 10.3. The highest BCUT2D eigenvalue weighted by molar-refractivity contribution is 7.99. The summed E-state index contributed by atoms with van der Waals surface area (Å²) in [5.41, 5.74) is 0. The predicted octanol–water partition coefficient (Wildman–Crippen LogP) is 0.603. The standard InChI is InChI=1S/C22H17O7PS/c23-21(24)15-20(22(25)26)30(16-8-3-1-4-9-16,17-10-5-2-6-11-17)18-12-7-13-19(14-18)31(27,28)29/h1-15H,(H2-,23,24,25,26,27,28,29)/p-1/b20-15+. The van der Waals surface area contributed by atoms with Gasteiger partial charge in [-0.05, 0) is 42.5 Å². The molecule has 9 heteroatoms. The van der Waals surface area contributed by atoms with Gasteiger partial charge in [-0.2, -0.15) is 0 Å². The zero-order valence-electron chi connectivity index (χ0n) is 15.9. The molecular weight excluding hydrogens is 439 g/mol. The van der Waals surface area contributed by atoms with Crippen LogP contribution in [0.1, 0.15) is 0 Å². The highest BCUT2D eigenvalue weighted by Gasteiger charge is 2.50.